The SMILES string of the molecule is CC(C)c1nc(NN)cc(NCC(C)(O)CO)n1. The lowest BCUT2D eigenvalue weighted by atomic mass is 10.1. The maximum absolute atomic E-state index is 9.69. The molecule has 102 valence electrons. The first-order valence-electron chi connectivity index (χ1n) is 5.80. The predicted molar refractivity (Wildman–Crippen MR) is 70.1 cm³/mol. The number of aliphatic hydroxyl groups is 2. The molecular formula is C11H21N5O2. The predicted octanol–water partition coefficient (Wildman–Crippen LogP) is 0.0408. The quantitative estimate of drug-likeness (QED) is 0.360. The third kappa shape index (κ3) is 4.10. The van der Waals surface area contributed by atoms with Crippen LogP contribution in [0.15, 0.2) is 6.07 Å². The number of nitrogen functional groups attached to an aromatic ring is 1. The van der Waals surface area contributed by atoms with Gasteiger partial charge in [0.15, 0.2) is 0 Å². The van der Waals surface area contributed by atoms with E-state index in [1.165, 1.54) is 6.92 Å². The number of aliphatic hydroxyl groups excluding tert-OH is 1. The summed E-state index contributed by atoms with van der Waals surface area (Å²) >= 11 is 0. The Hall–Kier alpha value is -1.44. The Bertz CT molecular complexity index is 395. The molecule has 0 fully saturated rings. The lowest BCUT2D eigenvalue weighted by Gasteiger charge is -2.21. The minimum absolute atomic E-state index is 0.164. The minimum atomic E-state index is -1.20. The first-order chi connectivity index (χ1) is 8.38. The Labute approximate surface area is 106 Å². The van der Waals surface area contributed by atoms with Gasteiger partial charge >= 0.3 is 0 Å². The Morgan fingerprint density at radius 3 is 2.50 bits per heavy atom. The lowest BCUT2D eigenvalue weighted by molar-refractivity contribution is 0.0131. The Morgan fingerprint density at radius 2 is 2.00 bits per heavy atom. The largest absolute Gasteiger partial charge is 0.393 e. The third-order valence-electron chi connectivity index (χ3n) is 2.40. The minimum Gasteiger partial charge on any atom is -0.393 e. The number of hydrogen-bond donors (Lipinski definition) is 5. The lowest BCUT2D eigenvalue weighted by Crippen LogP contribution is -2.37. The van der Waals surface area contributed by atoms with Crippen molar-refractivity contribution >= 4 is 11.6 Å². The first kappa shape index (κ1) is 14.6. The van der Waals surface area contributed by atoms with Gasteiger partial charge in [-0.05, 0) is 6.92 Å². The van der Waals surface area contributed by atoms with Crippen molar-refractivity contribution in [1.29, 1.82) is 0 Å². The molecule has 1 atom stereocenters. The van der Waals surface area contributed by atoms with Gasteiger partial charge in [-0.15, -0.1) is 0 Å². The summed E-state index contributed by atoms with van der Waals surface area (Å²) in [6, 6.07) is 1.64. The van der Waals surface area contributed by atoms with Crippen molar-refractivity contribution in [3.63, 3.8) is 0 Å². The van der Waals surface area contributed by atoms with Crippen LogP contribution in [-0.4, -0.2) is 38.9 Å². The van der Waals surface area contributed by atoms with Crippen LogP contribution in [0.5, 0.6) is 0 Å². The molecule has 0 aromatic carbocycles. The summed E-state index contributed by atoms with van der Waals surface area (Å²) in [4.78, 5) is 8.52. The molecule has 18 heavy (non-hydrogen) atoms. The molecule has 0 aliphatic rings. The first-order valence-corrected chi connectivity index (χ1v) is 5.80. The van der Waals surface area contributed by atoms with Crippen molar-refractivity contribution in [2.75, 3.05) is 23.9 Å². The Morgan fingerprint density at radius 1 is 1.39 bits per heavy atom. The van der Waals surface area contributed by atoms with E-state index >= 15 is 0 Å². The fraction of sp³-hybridized carbons (Fsp3) is 0.636. The Kier molecular flexibility index (Phi) is 4.83. The van der Waals surface area contributed by atoms with E-state index in [2.05, 4.69) is 20.7 Å². The van der Waals surface area contributed by atoms with E-state index in [-0.39, 0.29) is 19.1 Å². The van der Waals surface area contributed by atoms with Crippen LogP contribution in [0.1, 0.15) is 32.5 Å². The number of rotatable bonds is 6. The monoisotopic (exact) mass is 255 g/mol. The second kappa shape index (κ2) is 5.94. The molecule has 6 N–H and O–H groups in total. The van der Waals surface area contributed by atoms with E-state index in [9.17, 15) is 5.11 Å². The van der Waals surface area contributed by atoms with Gasteiger partial charge in [0.1, 0.15) is 23.1 Å². The molecule has 7 nitrogen and oxygen atoms in total. The van der Waals surface area contributed by atoms with Gasteiger partial charge in [-0.25, -0.2) is 15.8 Å². The molecule has 0 radical (unpaired) electrons. The molecule has 0 aliphatic carbocycles. The van der Waals surface area contributed by atoms with E-state index in [1.54, 1.807) is 6.07 Å². The van der Waals surface area contributed by atoms with Crippen molar-refractivity contribution in [2.45, 2.75) is 32.3 Å². The van der Waals surface area contributed by atoms with Gasteiger partial charge in [0.2, 0.25) is 0 Å². The van der Waals surface area contributed by atoms with Crippen LogP contribution in [0.4, 0.5) is 11.6 Å². The number of aromatic nitrogens is 2. The van der Waals surface area contributed by atoms with Gasteiger partial charge in [0, 0.05) is 18.5 Å². The summed E-state index contributed by atoms with van der Waals surface area (Å²) < 4.78 is 0. The zero-order valence-electron chi connectivity index (χ0n) is 10.9. The van der Waals surface area contributed by atoms with Crippen molar-refractivity contribution in [1.82, 2.24) is 9.97 Å². The van der Waals surface area contributed by atoms with Gasteiger partial charge in [0.25, 0.3) is 0 Å². The highest BCUT2D eigenvalue weighted by Gasteiger charge is 2.19. The molecule has 0 aliphatic heterocycles. The van der Waals surface area contributed by atoms with Crippen LogP contribution in [-0.2, 0) is 0 Å². The fourth-order valence-electron chi connectivity index (χ4n) is 1.23. The molecule has 1 unspecified atom stereocenters. The smallest absolute Gasteiger partial charge is 0.145 e. The molecule has 0 spiro atoms. The Balaban J connectivity index is 2.85. The van der Waals surface area contributed by atoms with Crippen LogP contribution in [0.25, 0.3) is 0 Å². The van der Waals surface area contributed by atoms with Crippen LogP contribution in [0.2, 0.25) is 0 Å². The standard InChI is InChI=1S/C11H21N5O2/c1-7(2)10-14-8(4-9(15-10)16-12)13-5-11(3,18)6-17/h4,7,17-18H,5-6,12H2,1-3H3,(H2,13,14,15,16). The summed E-state index contributed by atoms with van der Waals surface area (Å²) in [6.07, 6.45) is 0. The second-order valence-corrected chi connectivity index (χ2v) is 4.80. The van der Waals surface area contributed by atoms with Gasteiger partial charge in [-0.2, -0.15) is 0 Å². The molecule has 1 aromatic rings. The maximum atomic E-state index is 9.69. The molecule has 1 rings (SSSR count). The summed E-state index contributed by atoms with van der Waals surface area (Å²) in [6.45, 7) is 5.34. The highest BCUT2D eigenvalue weighted by atomic mass is 16.3. The second-order valence-electron chi connectivity index (χ2n) is 4.80. The number of nitrogens with two attached hydrogens (primary N) is 1. The molecular weight excluding hydrogens is 234 g/mol. The van der Waals surface area contributed by atoms with E-state index in [1.807, 2.05) is 13.8 Å². The van der Waals surface area contributed by atoms with Crippen molar-refractivity contribution in [3.8, 4) is 0 Å². The van der Waals surface area contributed by atoms with Crippen molar-refractivity contribution < 1.29 is 10.2 Å². The zero-order chi connectivity index (χ0) is 13.8. The van der Waals surface area contributed by atoms with Crippen molar-refractivity contribution in [2.24, 2.45) is 5.84 Å². The number of anilines is 2. The summed E-state index contributed by atoms with van der Waals surface area (Å²) in [7, 11) is 0. The molecule has 0 saturated carbocycles. The van der Waals surface area contributed by atoms with Crippen molar-refractivity contribution in [3.05, 3.63) is 11.9 Å². The average Bonchev–Trinajstić information content (AvgIpc) is 2.36. The summed E-state index contributed by atoms with van der Waals surface area (Å²) in [5.41, 5.74) is 1.28. The van der Waals surface area contributed by atoms with Gasteiger partial charge in [0.05, 0.1) is 6.61 Å². The van der Waals surface area contributed by atoms with E-state index in [0.717, 1.165) is 0 Å². The zero-order valence-corrected chi connectivity index (χ0v) is 10.9. The number of nitrogens with zero attached hydrogens (tertiary/aromatic N) is 2. The fourth-order valence-corrected chi connectivity index (χ4v) is 1.23. The summed E-state index contributed by atoms with van der Waals surface area (Å²) in [5.74, 6) is 7.20. The van der Waals surface area contributed by atoms with Crippen LogP contribution >= 0.6 is 0 Å². The molecule has 0 bridgehead atoms. The third-order valence-corrected chi connectivity index (χ3v) is 2.40. The van der Waals surface area contributed by atoms with Crippen LogP contribution < -0.4 is 16.6 Å². The highest BCUT2D eigenvalue weighted by molar-refractivity contribution is 5.47. The summed E-state index contributed by atoms with van der Waals surface area (Å²) in [5, 5.41) is 21.6. The van der Waals surface area contributed by atoms with Crippen LogP contribution in [0.3, 0.4) is 0 Å². The van der Waals surface area contributed by atoms with Gasteiger partial charge in [-0.1, -0.05) is 13.8 Å². The molecule has 1 heterocycles. The molecule has 0 saturated heterocycles. The maximum Gasteiger partial charge on any atom is 0.145 e. The van der Waals surface area contributed by atoms with Crippen LogP contribution in [0, 0.1) is 0 Å². The number of hydrogen-bond acceptors (Lipinski definition) is 7. The van der Waals surface area contributed by atoms with E-state index < -0.39 is 5.60 Å². The average molecular weight is 255 g/mol. The van der Waals surface area contributed by atoms with E-state index in [4.69, 9.17) is 10.9 Å². The van der Waals surface area contributed by atoms with E-state index in [0.29, 0.717) is 17.5 Å². The van der Waals surface area contributed by atoms with Gasteiger partial charge in [-0.3, -0.25) is 0 Å². The topological polar surface area (TPSA) is 116 Å². The molecule has 0 amide bonds. The normalized spacial score (nSPS) is 14.4. The number of nitrogens with one attached hydrogen (secondary N) is 2. The number of hydrazine groups is 1. The molecule has 1 aromatic heterocycles. The highest BCUT2D eigenvalue weighted by Crippen LogP contribution is 2.17. The molecule has 7 heteroatoms. The van der Waals surface area contributed by atoms with Gasteiger partial charge < -0.3 is 21.0 Å².